The molecule has 4 heterocycles. The molecule has 1 N–H and O–H groups in total. The molecule has 0 aromatic heterocycles. The largest absolute Gasteiger partial charge is 0.495 e. The first-order valence-corrected chi connectivity index (χ1v) is 13.1. The van der Waals surface area contributed by atoms with Crippen LogP contribution in [-0.4, -0.2) is 79.3 Å². The maximum absolute atomic E-state index is 13.6. The van der Waals surface area contributed by atoms with Gasteiger partial charge in [-0.05, 0) is 60.7 Å². The monoisotopic (exact) mass is 557 g/mol. The van der Waals surface area contributed by atoms with E-state index in [-0.39, 0.29) is 23.4 Å². The standard InChI is InChI=1S/C29H27N5O7/c1-31-25(37)29(26(38)32(2)28(31)40)15-17-13-16(10-11-19(17)33-12-6-9-22(29)33)14-18-23(35)30-27(39)34(24(18)36)20-7-4-5-8-21(20)41-3/h4-5,7-8,10-11,13-14,22H,6,9,12,15H2,1-3H3,(H,30,35,39). The van der Waals surface area contributed by atoms with Crippen molar-refractivity contribution in [3.63, 3.8) is 0 Å². The van der Waals surface area contributed by atoms with Gasteiger partial charge < -0.3 is 9.64 Å². The van der Waals surface area contributed by atoms with Crippen LogP contribution in [0.4, 0.5) is 21.0 Å². The highest BCUT2D eigenvalue weighted by Gasteiger charge is 2.63. The van der Waals surface area contributed by atoms with Crippen LogP contribution >= 0.6 is 0 Å². The number of benzene rings is 2. The third-order valence-corrected chi connectivity index (χ3v) is 8.39. The van der Waals surface area contributed by atoms with Crippen molar-refractivity contribution >= 4 is 53.1 Å². The van der Waals surface area contributed by atoms with Crippen LogP contribution in [-0.2, 0) is 25.6 Å². The van der Waals surface area contributed by atoms with E-state index in [1.807, 2.05) is 11.0 Å². The zero-order chi connectivity index (χ0) is 29.2. The molecule has 41 heavy (non-hydrogen) atoms. The summed E-state index contributed by atoms with van der Waals surface area (Å²) in [4.78, 5) is 83.6. The van der Waals surface area contributed by atoms with Crippen molar-refractivity contribution in [2.75, 3.05) is 37.5 Å². The van der Waals surface area contributed by atoms with E-state index < -0.39 is 47.1 Å². The fourth-order valence-electron chi connectivity index (χ4n) is 6.49. The number of methoxy groups -OCH3 is 1. The number of carbonyl (C=O) groups excluding carboxylic acids is 6. The molecular formula is C29H27N5O7. The molecule has 1 unspecified atom stereocenters. The van der Waals surface area contributed by atoms with Crippen LogP contribution in [0.5, 0.6) is 5.75 Å². The number of nitrogens with one attached hydrogen (secondary N) is 1. The molecule has 1 spiro atoms. The average molecular weight is 558 g/mol. The Morgan fingerprint density at radius 1 is 0.951 bits per heavy atom. The highest BCUT2D eigenvalue weighted by molar-refractivity contribution is 6.39. The second kappa shape index (κ2) is 9.29. The van der Waals surface area contributed by atoms with Crippen molar-refractivity contribution in [1.29, 1.82) is 0 Å². The first kappa shape index (κ1) is 26.2. The molecule has 1 atom stereocenters. The van der Waals surface area contributed by atoms with Gasteiger partial charge in [0.15, 0.2) is 5.41 Å². The lowest BCUT2D eigenvalue weighted by Crippen LogP contribution is -2.70. The number of urea groups is 2. The highest BCUT2D eigenvalue weighted by Crippen LogP contribution is 2.49. The second-order valence-corrected chi connectivity index (χ2v) is 10.5. The second-order valence-electron chi connectivity index (χ2n) is 10.5. The first-order chi connectivity index (χ1) is 19.6. The van der Waals surface area contributed by atoms with Gasteiger partial charge in [0.05, 0.1) is 18.8 Å². The van der Waals surface area contributed by atoms with Crippen LogP contribution in [0, 0.1) is 5.41 Å². The van der Waals surface area contributed by atoms with Gasteiger partial charge in [-0.1, -0.05) is 18.2 Å². The van der Waals surface area contributed by atoms with Crippen molar-refractivity contribution in [2.24, 2.45) is 5.41 Å². The van der Waals surface area contributed by atoms with Gasteiger partial charge in [0.2, 0.25) is 11.8 Å². The number of amides is 8. The molecule has 6 rings (SSSR count). The van der Waals surface area contributed by atoms with E-state index in [9.17, 15) is 28.8 Å². The Bertz CT molecular complexity index is 1570. The van der Waals surface area contributed by atoms with Crippen LogP contribution in [0.25, 0.3) is 6.08 Å². The summed E-state index contributed by atoms with van der Waals surface area (Å²) in [5, 5.41) is 2.21. The van der Waals surface area contributed by atoms with E-state index in [2.05, 4.69) is 5.32 Å². The minimum atomic E-state index is -1.47. The molecule has 2 aromatic carbocycles. The molecule has 0 saturated carbocycles. The summed E-state index contributed by atoms with van der Waals surface area (Å²) >= 11 is 0. The number of imide groups is 4. The molecule has 3 saturated heterocycles. The van der Waals surface area contributed by atoms with Gasteiger partial charge in [-0.25, -0.2) is 14.5 Å². The number of barbiturate groups is 2. The Balaban J connectivity index is 1.41. The number of anilines is 2. The summed E-state index contributed by atoms with van der Waals surface area (Å²) < 4.78 is 5.30. The van der Waals surface area contributed by atoms with E-state index in [0.29, 0.717) is 24.1 Å². The lowest BCUT2D eigenvalue weighted by molar-refractivity contribution is -0.159. The number of carbonyl (C=O) groups is 6. The van der Waals surface area contributed by atoms with Crippen LogP contribution in [0.2, 0.25) is 0 Å². The molecule has 210 valence electrons. The van der Waals surface area contributed by atoms with Gasteiger partial charge in [0, 0.05) is 26.3 Å². The third-order valence-electron chi connectivity index (χ3n) is 8.39. The summed E-state index contributed by atoms with van der Waals surface area (Å²) in [6.07, 6.45) is 2.84. The lowest BCUT2D eigenvalue weighted by atomic mass is 9.68. The van der Waals surface area contributed by atoms with Crippen molar-refractivity contribution in [1.82, 2.24) is 15.1 Å². The summed E-state index contributed by atoms with van der Waals surface area (Å²) in [5.74, 6) is -2.47. The fourth-order valence-corrected chi connectivity index (χ4v) is 6.49. The molecule has 8 amide bonds. The van der Waals surface area contributed by atoms with E-state index in [1.54, 1.807) is 30.3 Å². The summed E-state index contributed by atoms with van der Waals surface area (Å²) in [6, 6.07) is 9.81. The Morgan fingerprint density at radius 3 is 2.37 bits per heavy atom. The minimum Gasteiger partial charge on any atom is -0.495 e. The first-order valence-electron chi connectivity index (χ1n) is 13.1. The van der Waals surface area contributed by atoms with Crippen LogP contribution in [0.1, 0.15) is 24.0 Å². The van der Waals surface area contributed by atoms with E-state index in [1.165, 1.54) is 33.3 Å². The number of ether oxygens (including phenoxy) is 1. The van der Waals surface area contributed by atoms with Crippen LogP contribution in [0.15, 0.2) is 48.0 Å². The zero-order valence-corrected chi connectivity index (χ0v) is 22.7. The number of hydrogen-bond donors (Lipinski definition) is 1. The summed E-state index contributed by atoms with van der Waals surface area (Å²) in [7, 11) is 4.17. The maximum Gasteiger partial charge on any atom is 0.336 e. The summed E-state index contributed by atoms with van der Waals surface area (Å²) in [5.41, 5.74) is 0.441. The minimum absolute atomic E-state index is 0.0616. The fraction of sp³-hybridized carbons (Fsp3) is 0.310. The highest BCUT2D eigenvalue weighted by atomic mass is 16.5. The molecule has 0 bridgehead atoms. The number of rotatable bonds is 3. The number of para-hydroxylation sites is 2. The van der Waals surface area contributed by atoms with Crippen molar-refractivity contribution in [3.8, 4) is 5.75 Å². The van der Waals surface area contributed by atoms with Gasteiger partial charge in [-0.15, -0.1) is 0 Å². The molecule has 3 fully saturated rings. The number of nitrogens with zero attached hydrogens (tertiary/aromatic N) is 4. The molecule has 4 aliphatic rings. The molecule has 0 radical (unpaired) electrons. The topological polar surface area (TPSA) is 137 Å². The Morgan fingerprint density at radius 2 is 1.66 bits per heavy atom. The van der Waals surface area contributed by atoms with Gasteiger partial charge >= 0.3 is 12.1 Å². The predicted octanol–water partition coefficient (Wildman–Crippen LogP) is 1.92. The quantitative estimate of drug-likeness (QED) is 0.344. The maximum atomic E-state index is 13.6. The van der Waals surface area contributed by atoms with Crippen molar-refractivity contribution in [2.45, 2.75) is 25.3 Å². The number of hydrogen-bond acceptors (Lipinski definition) is 8. The lowest BCUT2D eigenvalue weighted by Gasteiger charge is -2.50. The molecule has 0 aliphatic carbocycles. The van der Waals surface area contributed by atoms with E-state index in [4.69, 9.17) is 4.74 Å². The van der Waals surface area contributed by atoms with Gasteiger partial charge in [0.1, 0.15) is 11.3 Å². The van der Waals surface area contributed by atoms with Gasteiger partial charge in [-0.2, -0.15) is 0 Å². The zero-order valence-electron chi connectivity index (χ0n) is 22.7. The van der Waals surface area contributed by atoms with E-state index in [0.717, 1.165) is 26.8 Å². The van der Waals surface area contributed by atoms with Gasteiger partial charge in [-0.3, -0.25) is 34.3 Å². The SMILES string of the molecule is COc1ccccc1N1C(=O)NC(=O)C(=Cc2ccc3c(c2)CC2(C(=O)N(C)C(=O)N(C)C2=O)C2CCCN32)C1=O. The Hall–Kier alpha value is -5.00. The average Bonchev–Trinajstić information content (AvgIpc) is 3.47. The Labute approximate surface area is 235 Å². The smallest absolute Gasteiger partial charge is 0.336 e. The molecular weight excluding hydrogens is 530 g/mol. The molecule has 12 heteroatoms. The van der Waals surface area contributed by atoms with Crippen molar-refractivity contribution in [3.05, 3.63) is 59.2 Å². The normalized spacial score (nSPS) is 22.9. The van der Waals surface area contributed by atoms with Crippen LogP contribution in [0.3, 0.4) is 0 Å². The van der Waals surface area contributed by atoms with E-state index >= 15 is 0 Å². The van der Waals surface area contributed by atoms with Gasteiger partial charge in [0.25, 0.3) is 11.8 Å². The summed E-state index contributed by atoms with van der Waals surface area (Å²) in [6.45, 7) is 0.638. The van der Waals surface area contributed by atoms with Crippen LogP contribution < -0.4 is 19.9 Å². The van der Waals surface area contributed by atoms with Crippen molar-refractivity contribution < 1.29 is 33.5 Å². The molecule has 2 aromatic rings. The molecule has 4 aliphatic heterocycles. The predicted molar refractivity (Wildman–Crippen MR) is 146 cm³/mol. The third kappa shape index (κ3) is 3.66. The number of fused-ring (bicyclic) bond motifs is 4. The Kier molecular flexibility index (Phi) is 5.94. The molecule has 12 nitrogen and oxygen atoms in total.